The lowest BCUT2D eigenvalue weighted by molar-refractivity contribution is -0.384. The summed E-state index contributed by atoms with van der Waals surface area (Å²) < 4.78 is 26.6. The van der Waals surface area contributed by atoms with Crippen LogP contribution in [-0.4, -0.2) is 30.7 Å². The summed E-state index contributed by atoms with van der Waals surface area (Å²) in [5, 5.41) is 10.6. The third kappa shape index (κ3) is 4.78. The first-order valence-electron chi connectivity index (χ1n) is 7.18. The van der Waals surface area contributed by atoms with Crippen LogP contribution in [0.5, 0.6) is 0 Å². The van der Waals surface area contributed by atoms with Crippen LogP contribution in [0.25, 0.3) is 0 Å². The molecule has 0 aliphatic heterocycles. The van der Waals surface area contributed by atoms with Crippen LogP contribution < -0.4 is 0 Å². The van der Waals surface area contributed by atoms with Crippen molar-refractivity contribution in [2.24, 2.45) is 0 Å². The fraction of sp³-hybridized carbons (Fsp3) is 0.571. The second-order valence-corrected chi connectivity index (χ2v) is 6.80. The molecule has 0 fully saturated rings. The van der Waals surface area contributed by atoms with Crippen LogP contribution in [0.15, 0.2) is 29.2 Å². The molecule has 0 amide bonds. The Kier molecular flexibility index (Phi) is 6.77. The summed E-state index contributed by atoms with van der Waals surface area (Å²) in [6.45, 7) is 4.98. The number of sulfonamides is 1. The molecule has 1 rings (SSSR count). The van der Waals surface area contributed by atoms with Gasteiger partial charge in [0.05, 0.1) is 9.82 Å². The van der Waals surface area contributed by atoms with E-state index in [1.54, 1.807) is 0 Å². The monoisotopic (exact) mass is 314 g/mol. The van der Waals surface area contributed by atoms with Gasteiger partial charge < -0.3 is 0 Å². The van der Waals surface area contributed by atoms with Crippen LogP contribution in [0.3, 0.4) is 0 Å². The largest absolute Gasteiger partial charge is 0.269 e. The molecular formula is C14H22N2O4S. The van der Waals surface area contributed by atoms with Gasteiger partial charge >= 0.3 is 0 Å². The van der Waals surface area contributed by atoms with Crippen molar-refractivity contribution in [2.45, 2.75) is 44.4 Å². The molecule has 21 heavy (non-hydrogen) atoms. The van der Waals surface area contributed by atoms with Crippen molar-refractivity contribution in [3.8, 4) is 0 Å². The van der Waals surface area contributed by atoms with Gasteiger partial charge in [-0.3, -0.25) is 10.1 Å². The number of nitro groups is 1. The summed E-state index contributed by atoms with van der Waals surface area (Å²) in [5.74, 6) is 0. The Morgan fingerprint density at radius 2 is 1.52 bits per heavy atom. The van der Waals surface area contributed by atoms with Crippen molar-refractivity contribution in [2.75, 3.05) is 13.1 Å². The fourth-order valence-corrected chi connectivity index (χ4v) is 3.43. The van der Waals surface area contributed by atoms with E-state index in [2.05, 4.69) is 0 Å². The molecule has 0 aliphatic carbocycles. The van der Waals surface area contributed by atoms with E-state index in [9.17, 15) is 18.5 Å². The van der Waals surface area contributed by atoms with Gasteiger partial charge in [0, 0.05) is 25.2 Å². The number of hydrogen-bond donors (Lipinski definition) is 0. The van der Waals surface area contributed by atoms with Gasteiger partial charge in [-0.05, 0) is 25.0 Å². The molecule has 6 nitrogen and oxygen atoms in total. The average molecular weight is 314 g/mol. The Hall–Kier alpha value is -1.47. The molecule has 7 heteroatoms. The molecule has 0 heterocycles. The van der Waals surface area contributed by atoms with Crippen LogP contribution in [0.4, 0.5) is 5.69 Å². The minimum Gasteiger partial charge on any atom is -0.258 e. The second kappa shape index (κ2) is 8.09. The first-order valence-corrected chi connectivity index (χ1v) is 8.62. The van der Waals surface area contributed by atoms with Gasteiger partial charge in [0.2, 0.25) is 10.0 Å². The van der Waals surface area contributed by atoms with Crippen molar-refractivity contribution in [3.63, 3.8) is 0 Å². The molecule has 0 saturated carbocycles. The van der Waals surface area contributed by atoms with Crippen molar-refractivity contribution >= 4 is 15.7 Å². The van der Waals surface area contributed by atoms with E-state index >= 15 is 0 Å². The lowest BCUT2D eigenvalue weighted by Crippen LogP contribution is -2.33. The number of nitro benzene ring substituents is 1. The molecule has 0 atom stereocenters. The number of nitrogens with zero attached hydrogens (tertiary/aromatic N) is 2. The molecule has 0 bridgehead atoms. The van der Waals surface area contributed by atoms with Crippen molar-refractivity contribution < 1.29 is 13.3 Å². The van der Waals surface area contributed by atoms with Gasteiger partial charge in [-0.25, -0.2) is 8.42 Å². The Bertz CT molecular complexity index is 547. The maximum atomic E-state index is 12.6. The molecular weight excluding hydrogens is 292 g/mol. The van der Waals surface area contributed by atoms with Gasteiger partial charge in [-0.15, -0.1) is 0 Å². The van der Waals surface area contributed by atoms with E-state index < -0.39 is 14.9 Å². The third-order valence-corrected chi connectivity index (χ3v) is 5.12. The quantitative estimate of drug-likeness (QED) is 0.518. The zero-order valence-corrected chi connectivity index (χ0v) is 13.3. The highest BCUT2D eigenvalue weighted by Gasteiger charge is 2.24. The topological polar surface area (TPSA) is 80.5 Å². The van der Waals surface area contributed by atoms with E-state index in [4.69, 9.17) is 0 Å². The van der Waals surface area contributed by atoms with Crippen molar-refractivity contribution in [1.82, 2.24) is 4.31 Å². The zero-order chi connectivity index (χ0) is 15.9. The van der Waals surface area contributed by atoms with Gasteiger partial charge in [-0.1, -0.05) is 26.7 Å². The summed E-state index contributed by atoms with van der Waals surface area (Å²) >= 11 is 0. The lowest BCUT2D eigenvalue weighted by atomic mass is 10.3. The summed E-state index contributed by atoms with van der Waals surface area (Å²) in [4.78, 5) is 10.2. The van der Waals surface area contributed by atoms with Crippen LogP contribution in [0, 0.1) is 10.1 Å². The molecule has 0 saturated heterocycles. The zero-order valence-electron chi connectivity index (χ0n) is 12.5. The van der Waals surface area contributed by atoms with Gasteiger partial charge in [0.25, 0.3) is 5.69 Å². The highest BCUT2D eigenvalue weighted by atomic mass is 32.2. The fourth-order valence-electron chi connectivity index (χ4n) is 1.91. The molecule has 0 spiro atoms. The van der Waals surface area contributed by atoms with E-state index in [0.29, 0.717) is 13.1 Å². The van der Waals surface area contributed by atoms with Crippen LogP contribution in [-0.2, 0) is 10.0 Å². The summed E-state index contributed by atoms with van der Waals surface area (Å²) in [6.07, 6.45) is 3.43. The van der Waals surface area contributed by atoms with E-state index in [-0.39, 0.29) is 10.6 Å². The predicted octanol–water partition coefficient (Wildman–Crippen LogP) is 3.19. The number of hydrogen-bond acceptors (Lipinski definition) is 4. The molecule has 0 N–H and O–H groups in total. The van der Waals surface area contributed by atoms with Gasteiger partial charge in [0.1, 0.15) is 0 Å². The smallest absolute Gasteiger partial charge is 0.258 e. The predicted molar refractivity (Wildman–Crippen MR) is 81.7 cm³/mol. The molecule has 0 aromatic heterocycles. The Balaban J connectivity index is 3.00. The highest BCUT2D eigenvalue weighted by Crippen LogP contribution is 2.20. The maximum absolute atomic E-state index is 12.6. The number of unbranched alkanes of at least 4 members (excludes halogenated alkanes) is 2. The minimum absolute atomic E-state index is 0.109. The standard InChI is InChI=1S/C14H22N2O4S/c1-3-5-11-15(12-6-4-2)21(19,20)14-9-7-13(8-10-14)16(17)18/h7-10H,3-6,11-12H2,1-2H3. The number of non-ortho nitro benzene ring substituents is 1. The first-order chi connectivity index (χ1) is 9.93. The van der Waals surface area contributed by atoms with Crippen LogP contribution >= 0.6 is 0 Å². The lowest BCUT2D eigenvalue weighted by Gasteiger charge is -2.21. The van der Waals surface area contributed by atoms with Crippen molar-refractivity contribution in [1.29, 1.82) is 0 Å². The molecule has 1 aromatic rings. The van der Waals surface area contributed by atoms with E-state index in [1.165, 1.54) is 28.6 Å². The normalized spacial score (nSPS) is 11.8. The van der Waals surface area contributed by atoms with E-state index in [1.807, 2.05) is 13.8 Å². The highest BCUT2D eigenvalue weighted by molar-refractivity contribution is 7.89. The van der Waals surface area contributed by atoms with E-state index in [0.717, 1.165) is 25.7 Å². The maximum Gasteiger partial charge on any atom is 0.269 e. The summed E-state index contributed by atoms with van der Waals surface area (Å²) in [5.41, 5.74) is -0.109. The molecule has 1 aromatic carbocycles. The van der Waals surface area contributed by atoms with Gasteiger partial charge in [0.15, 0.2) is 0 Å². The molecule has 118 valence electrons. The Morgan fingerprint density at radius 3 is 1.90 bits per heavy atom. The summed E-state index contributed by atoms with van der Waals surface area (Å²) in [6, 6.07) is 5.06. The Morgan fingerprint density at radius 1 is 1.05 bits per heavy atom. The first kappa shape index (κ1) is 17.6. The Labute approximate surface area is 126 Å². The SMILES string of the molecule is CCCCN(CCCC)S(=O)(=O)c1ccc([N+](=O)[O-])cc1. The van der Waals surface area contributed by atoms with Crippen molar-refractivity contribution in [3.05, 3.63) is 34.4 Å². The number of rotatable bonds is 9. The van der Waals surface area contributed by atoms with Crippen LogP contribution in [0.2, 0.25) is 0 Å². The minimum atomic E-state index is -3.58. The molecule has 0 aliphatic rings. The van der Waals surface area contributed by atoms with Gasteiger partial charge in [-0.2, -0.15) is 4.31 Å². The molecule has 0 radical (unpaired) electrons. The third-order valence-electron chi connectivity index (χ3n) is 3.21. The number of benzene rings is 1. The molecule has 0 unspecified atom stereocenters. The second-order valence-electron chi connectivity index (χ2n) is 4.86. The summed E-state index contributed by atoms with van der Waals surface area (Å²) in [7, 11) is -3.58. The average Bonchev–Trinajstić information content (AvgIpc) is 2.47. The van der Waals surface area contributed by atoms with Crippen LogP contribution in [0.1, 0.15) is 39.5 Å².